The van der Waals surface area contributed by atoms with Gasteiger partial charge in [0.1, 0.15) is 4.90 Å². The van der Waals surface area contributed by atoms with E-state index in [2.05, 4.69) is 23.9 Å². The van der Waals surface area contributed by atoms with Crippen LogP contribution in [0.4, 0.5) is 11.4 Å². The fraction of sp³-hybridized carbons (Fsp3) is 0.500. The summed E-state index contributed by atoms with van der Waals surface area (Å²) >= 11 is 0. The fourth-order valence-corrected chi connectivity index (χ4v) is 2.35. The number of anilines is 2. The van der Waals surface area contributed by atoms with E-state index in [4.69, 9.17) is 5.73 Å². The first-order valence-electron chi connectivity index (χ1n) is 5.93. The molecule has 0 aromatic heterocycles. The summed E-state index contributed by atoms with van der Waals surface area (Å²) in [6, 6.07) is 4.88. The molecule has 4 N–H and O–H groups in total. The zero-order valence-electron chi connectivity index (χ0n) is 11.0. The van der Waals surface area contributed by atoms with Crippen LogP contribution in [0, 0.1) is 5.92 Å². The Balaban J connectivity index is 2.80. The molecule has 0 aliphatic heterocycles. The van der Waals surface area contributed by atoms with Gasteiger partial charge < -0.3 is 11.1 Å². The third kappa shape index (κ3) is 3.89. The van der Waals surface area contributed by atoms with Crippen molar-refractivity contribution in [2.24, 2.45) is 5.92 Å². The van der Waals surface area contributed by atoms with Gasteiger partial charge in [0.25, 0.3) is 0 Å². The van der Waals surface area contributed by atoms with Gasteiger partial charge in [-0.1, -0.05) is 13.8 Å². The smallest absolute Gasteiger partial charge is 0.242 e. The number of nitrogens with one attached hydrogen (secondary N) is 2. The van der Waals surface area contributed by atoms with Crippen molar-refractivity contribution in [1.82, 2.24) is 4.72 Å². The number of nitrogen functional groups attached to an aromatic ring is 1. The fourth-order valence-electron chi connectivity index (χ4n) is 1.52. The average Bonchev–Trinajstić information content (AvgIpc) is 2.28. The molecule has 0 unspecified atom stereocenters. The quantitative estimate of drug-likeness (QED) is 0.687. The molecule has 0 spiro atoms. The van der Waals surface area contributed by atoms with E-state index in [0.717, 1.165) is 18.7 Å². The Kier molecular flexibility index (Phi) is 4.98. The minimum absolute atomic E-state index is 0.111. The summed E-state index contributed by atoms with van der Waals surface area (Å²) in [7, 11) is -2.12. The number of sulfonamides is 1. The summed E-state index contributed by atoms with van der Waals surface area (Å²) < 4.78 is 25.5. The summed E-state index contributed by atoms with van der Waals surface area (Å²) in [5.41, 5.74) is 6.84. The molecule has 1 aromatic carbocycles. The van der Waals surface area contributed by atoms with Crippen LogP contribution in [0.1, 0.15) is 20.3 Å². The molecule has 0 fully saturated rings. The molecule has 0 aliphatic carbocycles. The maximum atomic E-state index is 11.6. The van der Waals surface area contributed by atoms with Crippen LogP contribution in [0.3, 0.4) is 0 Å². The molecular weight excluding hydrogens is 250 g/mol. The van der Waals surface area contributed by atoms with Crippen molar-refractivity contribution < 1.29 is 8.42 Å². The Morgan fingerprint density at radius 2 is 2.00 bits per heavy atom. The number of benzene rings is 1. The predicted molar refractivity (Wildman–Crippen MR) is 75.0 cm³/mol. The minimum Gasteiger partial charge on any atom is -0.398 e. The number of rotatable bonds is 6. The summed E-state index contributed by atoms with van der Waals surface area (Å²) in [5, 5.41) is 3.22. The lowest BCUT2D eigenvalue weighted by atomic mass is 10.1. The third-order valence-electron chi connectivity index (χ3n) is 2.62. The van der Waals surface area contributed by atoms with Crippen molar-refractivity contribution in [3.63, 3.8) is 0 Å². The summed E-state index contributed by atoms with van der Waals surface area (Å²) in [4.78, 5) is 0.111. The first-order chi connectivity index (χ1) is 8.36. The molecule has 6 heteroatoms. The van der Waals surface area contributed by atoms with Crippen molar-refractivity contribution in [1.29, 1.82) is 0 Å². The first kappa shape index (κ1) is 14.8. The first-order valence-corrected chi connectivity index (χ1v) is 7.42. The maximum Gasteiger partial charge on any atom is 0.242 e. The molecule has 0 radical (unpaired) electrons. The van der Waals surface area contributed by atoms with Crippen LogP contribution < -0.4 is 15.8 Å². The average molecular weight is 271 g/mol. The Hall–Kier alpha value is -1.27. The van der Waals surface area contributed by atoms with E-state index in [1.165, 1.54) is 13.1 Å². The highest BCUT2D eigenvalue weighted by Crippen LogP contribution is 2.22. The number of hydrogen-bond donors (Lipinski definition) is 3. The van der Waals surface area contributed by atoms with Crippen LogP contribution in [0.2, 0.25) is 0 Å². The second-order valence-electron chi connectivity index (χ2n) is 4.57. The highest BCUT2D eigenvalue weighted by molar-refractivity contribution is 7.89. The lowest BCUT2D eigenvalue weighted by Gasteiger charge is -2.11. The predicted octanol–water partition coefficient (Wildman–Crippen LogP) is 1.63. The Morgan fingerprint density at radius 1 is 1.33 bits per heavy atom. The molecule has 0 saturated heterocycles. The van der Waals surface area contributed by atoms with E-state index in [9.17, 15) is 8.42 Å². The van der Waals surface area contributed by atoms with Crippen LogP contribution in [0.15, 0.2) is 23.1 Å². The van der Waals surface area contributed by atoms with E-state index in [1.54, 1.807) is 12.1 Å². The standard InChI is InChI=1S/C12H21N3O2S/c1-9(2)6-7-15-10-4-5-12(11(13)8-10)18(16,17)14-3/h4-5,8-9,14-15H,6-7,13H2,1-3H3. The van der Waals surface area contributed by atoms with Crippen molar-refractivity contribution in [2.45, 2.75) is 25.2 Å². The second-order valence-corrected chi connectivity index (χ2v) is 6.42. The molecule has 18 heavy (non-hydrogen) atoms. The Morgan fingerprint density at radius 3 is 2.50 bits per heavy atom. The van der Waals surface area contributed by atoms with Gasteiger partial charge in [-0.05, 0) is 37.6 Å². The summed E-state index contributed by atoms with van der Waals surface area (Å²) in [6.07, 6.45) is 1.05. The van der Waals surface area contributed by atoms with E-state index in [0.29, 0.717) is 5.92 Å². The van der Waals surface area contributed by atoms with Gasteiger partial charge in [-0.3, -0.25) is 0 Å². The molecule has 1 rings (SSSR count). The molecule has 1 aromatic rings. The van der Waals surface area contributed by atoms with Crippen molar-refractivity contribution in [3.8, 4) is 0 Å². The number of hydrogen-bond acceptors (Lipinski definition) is 4. The normalized spacial score (nSPS) is 11.8. The Bertz CT molecular complexity index is 498. The SMILES string of the molecule is CNS(=O)(=O)c1ccc(NCCC(C)C)cc1N. The molecule has 0 bridgehead atoms. The minimum atomic E-state index is -3.48. The van der Waals surface area contributed by atoms with Crippen molar-refractivity contribution in [3.05, 3.63) is 18.2 Å². The van der Waals surface area contributed by atoms with Crippen molar-refractivity contribution in [2.75, 3.05) is 24.6 Å². The second kappa shape index (κ2) is 6.06. The van der Waals surface area contributed by atoms with E-state index in [1.807, 2.05) is 0 Å². The zero-order chi connectivity index (χ0) is 13.8. The van der Waals surface area contributed by atoms with Crippen molar-refractivity contribution >= 4 is 21.4 Å². The van der Waals surface area contributed by atoms with Crippen LogP contribution in [0.25, 0.3) is 0 Å². The molecule has 5 nitrogen and oxygen atoms in total. The lowest BCUT2D eigenvalue weighted by Crippen LogP contribution is -2.20. The van der Waals surface area contributed by atoms with Gasteiger partial charge in [-0.15, -0.1) is 0 Å². The lowest BCUT2D eigenvalue weighted by molar-refractivity contribution is 0.588. The number of nitrogens with two attached hydrogens (primary N) is 1. The van der Waals surface area contributed by atoms with E-state index < -0.39 is 10.0 Å². The molecule has 0 atom stereocenters. The van der Waals surface area contributed by atoms with Gasteiger partial charge in [-0.25, -0.2) is 13.1 Å². The zero-order valence-corrected chi connectivity index (χ0v) is 11.8. The summed E-state index contributed by atoms with van der Waals surface area (Å²) in [5.74, 6) is 0.624. The molecular formula is C12H21N3O2S. The Labute approximate surface area is 109 Å². The van der Waals surface area contributed by atoms with E-state index in [-0.39, 0.29) is 10.6 Å². The maximum absolute atomic E-state index is 11.6. The largest absolute Gasteiger partial charge is 0.398 e. The van der Waals surface area contributed by atoms with Gasteiger partial charge in [0, 0.05) is 12.2 Å². The monoisotopic (exact) mass is 271 g/mol. The van der Waals surface area contributed by atoms with Crippen LogP contribution in [-0.2, 0) is 10.0 Å². The van der Waals surface area contributed by atoms with Gasteiger partial charge in [-0.2, -0.15) is 0 Å². The van der Waals surface area contributed by atoms with Gasteiger partial charge >= 0.3 is 0 Å². The molecule has 0 saturated carbocycles. The molecule has 102 valence electrons. The highest BCUT2D eigenvalue weighted by Gasteiger charge is 2.14. The molecule has 0 aliphatic rings. The molecule has 0 heterocycles. The van der Waals surface area contributed by atoms with Crippen LogP contribution in [0.5, 0.6) is 0 Å². The van der Waals surface area contributed by atoms with E-state index >= 15 is 0 Å². The molecule has 0 amide bonds. The third-order valence-corrected chi connectivity index (χ3v) is 4.11. The topological polar surface area (TPSA) is 84.2 Å². The van der Waals surface area contributed by atoms with Gasteiger partial charge in [0.2, 0.25) is 10.0 Å². The van der Waals surface area contributed by atoms with Crippen LogP contribution in [-0.4, -0.2) is 22.0 Å². The highest BCUT2D eigenvalue weighted by atomic mass is 32.2. The summed E-state index contributed by atoms with van der Waals surface area (Å²) in [6.45, 7) is 5.15. The van der Waals surface area contributed by atoms with Gasteiger partial charge in [0.15, 0.2) is 0 Å². The van der Waals surface area contributed by atoms with Gasteiger partial charge in [0.05, 0.1) is 5.69 Å². The van der Waals surface area contributed by atoms with Crippen LogP contribution >= 0.6 is 0 Å².